The van der Waals surface area contributed by atoms with Crippen LogP contribution in [-0.2, 0) is 9.53 Å². The fourth-order valence-corrected chi connectivity index (χ4v) is 2.00. The first-order chi connectivity index (χ1) is 6.22. The Bertz CT molecular complexity index is 170. The summed E-state index contributed by atoms with van der Waals surface area (Å²) in [6.07, 6.45) is 4.95. The summed E-state index contributed by atoms with van der Waals surface area (Å²) in [6, 6.07) is 0. The minimum Gasteiger partial charge on any atom is -0.462 e. The lowest BCUT2D eigenvalue weighted by atomic mass is 10.1. The van der Waals surface area contributed by atoms with E-state index in [4.69, 9.17) is 4.74 Å². The molecule has 1 rings (SSSR count). The molecule has 1 fully saturated rings. The molecule has 0 amide bonds. The SMILES string of the molecule is CC1CCC(OC(=O)CCCBr)C1. The van der Waals surface area contributed by atoms with E-state index in [1.807, 2.05) is 0 Å². The fourth-order valence-electron chi connectivity index (χ4n) is 1.72. The van der Waals surface area contributed by atoms with Crippen molar-refractivity contribution in [2.24, 2.45) is 5.92 Å². The molecule has 0 heterocycles. The number of carbonyl (C=O) groups excluding carboxylic acids is 1. The molecule has 0 spiro atoms. The minimum atomic E-state index is -0.0291. The van der Waals surface area contributed by atoms with Crippen LogP contribution in [-0.4, -0.2) is 17.4 Å². The lowest BCUT2D eigenvalue weighted by Crippen LogP contribution is -2.14. The molecule has 3 heteroatoms. The molecule has 1 aliphatic carbocycles. The van der Waals surface area contributed by atoms with Crippen molar-refractivity contribution in [3.8, 4) is 0 Å². The van der Waals surface area contributed by atoms with Crippen LogP contribution in [0.5, 0.6) is 0 Å². The van der Waals surface area contributed by atoms with Crippen molar-refractivity contribution in [3.63, 3.8) is 0 Å². The van der Waals surface area contributed by atoms with Crippen LogP contribution in [0, 0.1) is 5.92 Å². The first-order valence-corrected chi connectivity index (χ1v) is 6.10. The largest absolute Gasteiger partial charge is 0.462 e. The molecular formula is C10H17BrO2. The molecule has 0 aliphatic heterocycles. The lowest BCUT2D eigenvalue weighted by Gasteiger charge is -2.11. The van der Waals surface area contributed by atoms with E-state index >= 15 is 0 Å². The van der Waals surface area contributed by atoms with Gasteiger partial charge in [-0.25, -0.2) is 0 Å². The van der Waals surface area contributed by atoms with Crippen LogP contribution >= 0.6 is 15.9 Å². The highest BCUT2D eigenvalue weighted by atomic mass is 79.9. The highest BCUT2D eigenvalue weighted by Crippen LogP contribution is 2.27. The monoisotopic (exact) mass is 248 g/mol. The van der Waals surface area contributed by atoms with Crippen molar-refractivity contribution in [2.45, 2.75) is 45.1 Å². The summed E-state index contributed by atoms with van der Waals surface area (Å²) < 4.78 is 5.32. The molecule has 2 unspecified atom stereocenters. The maximum Gasteiger partial charge on any atom is 0.306 e. The zero-order valence-electron chi connectivity index (χ0n) is 8.09. The maximum atomic E-state index is 11.2. The van der Waals surface area contributed by atoms with Gasteiger partial charge in [-0.05, 0) is 31.6 Å². The Morgan fingerprint density at radius 3 is 2.85 bits per heavy atom. The number of halogens is 1. The number of rotatable bonds is 4. The van der Waals surface area contributed by atoms with Crippen LogP contribution < -0.4 is 0 Å². The molecule has 0 aromatic carbocycles. The molecule has 13 heavy (non-hydrogen) atoms. The van der Waals surface area contributed by atoms with Gasteiger partial charge in [-0.1, -0.05) is 22.9 Å². The molecule has 2 nitrogen and oxygen atoms in total. The van der Waals surface area contributed by atoms with Crippen LogP contribution in [0.4, 0.5) is 0 Å². The third kappa shape index (κ3) is 4.12. The normalized spacial score (nSPS) is 27.5. The second kappa shape index (κ2) is 5.63. The zero-order valence-corrected chi connectivity index (χ0v) is 9.68. The fraction of sp³-hybridized carbons (Fsp3) is 0.900. The molecule has 0 aromatic rings. The van der Waals surface area contributed by atoms with Gasteiger partial charge in [0.05, 0.1) is 0 Å². The zero-order chi connectivity index (χ0) is 9.68. The number of hydrogen-bond acceptors (Lipinski definition) is 2. The highest BCUT2D eigenvalue weighted by Gasteiger charge is 2.24. The van der Waals surface area contributed by atoms with Gasteiger partial charge in [-0.2, -0.15) is 0 Å². The Balaban J connectivity index is 2.13. The Kier molecular flexibility index (Phi) is 4.78. The summed E-state index contributed by atoms with van der Waals surface area (Å²) in [5.41, 5.74) is 0. The van der Waals surface area contributed by atoms with Crippen molar-refractivity contribution in [3.05, 3.63) is 0 Å². The van der Waals surface area contributed by atoms with Crippen LogP contribution in [0.1, 0.15) is 39.0 Å². The molecule has 0 N–H and O–H groups in total. The van der Waals surface area contributed by atoms with Crippen molar-refractivity contribution in [1.29, 1.82) is 0 Å². The number of alkyl halides is 1. The molecule has 0 saturated heterocycles. The second-order valence-electron chi connectivity index (χ2n) is 3.82. The first-order valence-electron chi connectivity index (χ1n) is 4.98. The number of ether oxygens (including phenoxy) is 1. The topological polar surface area (TPSA) is 26.3 Å². The second-order valence-corrected chi connectivity index (χ2v) is 4.62. The standard InChI is InChI=1S/C10H17BrO2/c1-8-4-5-9(7-8)13-10(12)3-2-6-11/h8-9H,2-7H2,1H3. The summed E-state index contributed by atoms with van der Waals surface area (Å²) in [5, 5.41) is 0.878. The van der Waals surface area contributed by atoms with E-state index in [1.165, 1.54) is 6.42 Å². The Morgan fingerprint density at radius 2 is 2.31 bits per heavy atom. The summed E-state index contributed by atoms with van der Waals surface area (Å²) in [4.78, 5) is 11.2. The van der Waals surface area contributed by atoms with Crippen molar-refractivity contribution in [1.82, 2.24) is 0 Å². The Labute approximate surface area is 88.2 Å². The van der Waals surface area contributed by atoms with E-state index in [0.29, 0.717) is 6.42 Å². The van der Waals surface area contributed by atoms with Crippen LogP contribution in [0.25, 0.3) is 0 Å². The quantitative estimate of drug-likeness (QED) is 0.565. The summed E-state index contributed by atoms with van der Waals surface area (Å²) in [6.45, 7) is 2.21. The first kappa shape index (κ1) is 11.0. The van der Waals surface area contributed by atoms with Gasteiger partial charge in [0.1, 0.15) is 6.10 Å². The molecule has 0 aromatic heterocycles. The average molecular weight is 249 g/mol. The maximum absolute atomic E-state index is 11.2. The smallest absolute Gasteiger partial charge is 0.306 e. The molecule has 0 bridgehead atoms. The Hall–Kier alpha value is -0.0500. The van der Waals surface area contributed by atoms with Gasteiger partial charge in [-0.15, -0.1) is 0 Å². The molecule has 1 aliphatic rings. The molecular weight excluding hydrogens is 232 g/mol. The predicted molar refractivity (Wildman–Crippen MR) is 55.9 cm³/mol. The molecule has 76 valence electrons. The summed E-state index contributed by atoms with van der Waals surface area (Å²) >= 11 is 3.29. The van der Waals surface area contributed by atoms with Gasteiger partial charge in [0.2, 0.25) is 0 Å². The Morgan fingerprint density at radius 1 is 1.54 bits per heavy atom. The third-order valence-corrected chi connectivity index (χ3v) is 3.02. The van der Waals surface area contributed by atoms with E-state index in [1.54, 1.807) is 0 Å². The van der Waals surface area contributed by atoms with Gasteiger partial charge < -0.3 is 4.74 Å². The average Bonchev–Trinajstić information content (AvgIpc) is 2.48. The third-order valence-electron chi connectivity index (χ3n) is 2.46. The van der Waals surface area contributed by atoms with Crippen LogP contribution in [0.15, 0.2) is 0 Å². The van der Waals surface area contributed by atoms with Gasteiger partial charge in [-0.3, -0.25) is 4.79 Å². The highest BCUT2D eigenvalue weighted by molar-refractivity contribution is 9.09. The van der Waals surface area contributed by atoms with E-state index in [2.05, 4.69) is 22.9 Å². The van der Waals surface area contributed by atoms with E-state index in [9.17, 15) is 4.79 Å². The summed E-state index contributed by atoms with van der Waals surface area (Å²) in [5.74, 6) is 0.701. The number of carbonyl (C=O) groups is 1. The number of esters is 1. The summed E-state index contributed by atoms with van der Waals surface area (Å²) in [7, 11) is 0. The van der Waals surface area contributed by atoms with Crippen molar-refractivity contribution >= 4 is 21.9 Å². The molecule has 2 atom stereocenters. The van der Waals surface area contributed by atoms with Crippen molar-refractivity contribution in [2.75, 3.05) is 5.33 Å². The van der Waals surface area contributed by atoms with Gasteiger partial charge in [0, 0.05) is 11.8 Å². The number of hydrogen-bond donors (Lipinski definition) is 0. The van der Waals surface area contributed by atoms with Crippen LogP contribution in [0.2, 0.25) is 0 Å². The predicted octanol–water partition coefficient (Wildman–Crippen LogP) is 2.89. The minimum absolute atomic E-state index is 0.0291. The lowest BCUT2D eigenvalue weighted by molar-refractivity contribution is -0.148. The van der Waals surface area contributed by atoms with E-state index < -0.39 is 0 Å². The van der Waals surface area contributed by atoms with E-state index in [0.717, 1.165) is 30.5 Å². The van der Waals surface area contributed by atoms with Gasteiger partial charge >= 0.3 is 5.97 Å². The van der Waals surface area contributed by atoms with E-state index in [-0.39, 0.29) is 12.1 Å². The van der Waals surface area contributed by atoms with Gasteiger partial charge in [0.15, 0.2) is 0 Å². The van der Waals surface area contributed by atoms with Crippen LogP contribution in [0.3, 0.4) is 0 Å². The van der Waals surface area contributed by atoms with Crippen molar-refractivity contribution < 1.29 is 9.53 Å². The molecule has 1 saturated carbocycles. The molecule has 0 radical (unpaired) electrons. The van der Waals surface area contributed by atoms with Gasteiger partial charge in [0.25, 0.3) is 0 Å².